The molecule has 1 saturated heterocycles. The van der Waals surface area contributed by atoms with Gasteiger partial charge in [-0.15, -0.1) is 11.3 Å². The number of rotatable bonds is 4. The van der Waals surface area contributed by atoms with Crippen LogP contribution in [0.3, 0.4) is 0 Å². The van der Waals surface area contributed by atoms with Gasteiger partial charge in [-0.05, 0) is 56.4 Å². The molecule has 2 amide bonds. The first-order valence-corrected chi connectivity index (χ1v) is 12.0. The average molecular weight is 443 g/mol. The quantitative estimate of drug-likeness (QED) is 0.788. The first-order valence-electron chi connectivity index (χ1n) is 11.2. The second-order valence-corrected chi connectivity index (χ2v) is 9.80. The number of carbonyl (C=O) groups excluding carboxylic acids is 2. The summed E-state index contributed by atoms with van der Waals surface area (Å²) in [4.78, 5) is 35.5. The van der Waals surface area contributed by atoms with Crippen LogP contribution in [0.2, 0.25) is 0 Å². The molecule has 1 aliphatic heterocycles. The van der Waals surface area contributed by atoms with E-state index in [4.69, 9.17) is 4.98 Å². The van der Waals surface area contributed by atoms with Crippen molar-refractivity contribution >= 4 is 34.0 Å². The van der Waals surface area contributed by atoms with Gasteiger partial charge in [0.25, 0.3) is 0 Å². The van der Waals surface area contributed by atoms with Crippen LogP contribution in [0.1, 0.15) is 36.3 Å². The molecule has 3 aliphatic rings. The van der Waals surface area contributed by atoms with Gasteiger partial charge < -0.3 is 15.1 Å². The van der Waals surface area contributed by atoms with Gasteiger partial charge in [0, 0.05) is 48.6 Å². The Labute approximate surface area is 185 Å². The lowest BCUT2D eigenvalue weighted by molar-refractivity contribution is -0.138. The zero-order chi connectivity index (χ0) is 21.4. The largest absolute Gasteiger partial charge is 0.345 e. The molecule has 1 atom stereocenters. The number of thiazole rings is 1. The molecule has 0 spiro atoms. The van der Waals surface area contributed by atoms with Crippen molar-refractivity contribution in [1.29, 1.82) is 0 Å². The number of aryl methyl sites for hydroxylation is 1. The van der Waals surface area contributed by atoms with E-state index in [-0.39, 0.29) is 23.6 Å². The van der Waals surface area contributed by atoms with Gasteiger partial charge >= 0.3 is 0 Å². The van der Waals surface area contributed by atoms with Crippen LogP contribution in [0.25, 0.3) is 0 Å². The SMILES string of the molecule is O=C(Nc1ccc(F)cc1)[C@@H]1CCc2nc(N3CCN(C(=O)C4CCC4)CC3)sc2C1. The number of nitrogens with one attached hydrogen (secondary N) is 1. The first kappa shape index (κ1) is 20.4. The fraction of sp³-hybridized carbons (Fsp3) is 0.522. The number of piperazine rings is 1. The molecule has 2 aliphatic carbocycles. The number of carbonyl (C=O) groups is 2. The summed E-state index contributed by atoms with van der Waals surface area (Å²) in [5.74, 6) is 0.167. The molecule has 0 bridgehead atoms. The highest BCUT2D eigenvalue weighted by molar-refractivity contribution is 7.15. The monoisotopic (exact) mass is 442 g/mol. The zero-order valence-electron chi connectivity index (χ0n) is 17.5. The molecule has 164 valence electrons. The van der Waals surface area contributed by atoms with Gasteiger partial charge in [0.15, 0.2) is 5.13 Å². The van der Waals surface area contributed by atoms with Crippen LogP contribution in [-0.4, -0.2) is 47.9 Å². The Morgan fingerprint density at radius 3 is 2.45 bits per heavy atom. The molecular weight excluding hydrogens is 415 g/mol. The van der Waals surface area contributed by atoms with E-state index in [9.17, 15) is 14.0 Å². The number of aromatic nitrogens is 1. The van der Waals surface area contributed by atoms with Crippen molar-refractivity contribution in [2.45, 2.75) is 38.5 Å². The highest BCUT2D eigenvalue weighted by Crippen LogP contribution is 2.35. The molecule has 0 unspecified atom stereocenters. The summed E-state index contributed by atoms with van der Waals surface area (Å²) in [7, 11) is 0. The van der Waals surface area contributed by atoms with Crippen molar-refractivity contribution in [1.82, 2.24) is 9.88 Å². The Morgan fingerprint density at radius 2 is 1.77 bits per heavy atom. The third-order valence-electron chi connectivity index (χ3n) is 6.73. The van der Waals surface area contributed by atoms with E-state index >= 15 is 0 Å². The second-order valence-electron chi connectivity index (χ2n) is 8.74. The summed E-state index contributed by atoms with van der Waals surface area (Å²) in [5, 5.41) is 3.92. The lowest BCUT2D eigenvalue weighted by Crippen LogP contribution is -2.51. The Kier molecular flexibility index (Phi) is 5.65. The summed E-state index contributed by atoms with van der Waals surface area (Å²) in [6.07, 6.45) is 5.55. The number of halogens is 1. The van der Waals surface area contributed by atoms with Crippen LogP contribution in [-0.2, 0) is 22.4 Å². The first-order chi connectivity index (χ1) is 15.1. The smallest absolute Gasteiger partial charge is 0.227 e. The van der Waals surface area contributed by atoms with Gasteiger partial charge in [0.1, 0.15) is 5.82 Å². The Hall–Kier alpha value is -2.48. The minimum atomic E-state index is -0.314. The summed E-state index contributed by atoms with van der Waals surface area (Å²) in [5.41, 5.74) is 1.73. The average Bonchev–Trinajstić information content (AvgIpc) is 3.17. The number of hydrogen-bond donors (Lipinski definition) is 1. The van der Waals surface area contributed by atoms with Crippen molar-refractivity contribution < 1.29 is 14.0 Å². The number of anilines is 2. The van der Waals surface area contributed by atoms with E-state index in [0.717, 1.165) is 62.7 Å². The van der Waals surface area contributed by atoms with Gasteiger partial charge in [-0.2, -0.15) is 0 Å². The number of hydrogen-bond acceptors (Lipinski definition) is 5. The van der Waals surface area contributed by atoms with Crippen LogP contribution >= 0.6 is 11.3 Å². The molecule has 2 aromatic rings. The van der Waals surface area contributed by atoms with Gasteiger partial charge in [-0.3, -0.25) is 9.59 Å². The van der Waals surface area contributed by atoms with E-state index in [0.29, 0.717) is 18.0 Å². The van der Waals surface area contributed by atoms with Crippen molar-refractivity contribution in [2.75, 3.05) is 36.4 Å². The predicted octanol–water partition coefficient (Wildman–Crippen LogP) is 3.47. The van der Waals surface area contributed by atoms with Crippen LogP contribution < -0.4 is 10.2 Å². The summed E-state index contributed by atoms with van der Waals surface area (Å²) in [6.45, 7) is 3.17. The van der Waals surface area contributed by atoms with Crippen molar-refractivity contribution in [3.8, 4) is 0 Å². The number of benzene rings is 1. The second kappa shape index (κ2) is 8.57. The van der Waals surface area contributed by atoms with Crippen LogP contribution in [0.15, 0.2) is 24.3 Å². The van der Waals surface area contributed by atoms with Crippen LogP contribution in [0, 0.1) is 17.7 Å². The van der Waals surface area contributed by atoms with Gasteiger partial charge in [0.2, 0.25) is 11.8 Å². The molecule has 0 radical (unpaired) electrons. The maximum absolute atomic E-state index is 13.1. The van der Waals surface area contributed by atoms with E-state index in [1.54, 1.807) is 23.5 Å². The molecule has 2 heterocycles. The van der Waals surface area contributed by atoms with Gasteiger partial charge in [-0.1, -0.05) is 6.42 Å². The van der Waals surface area contributed by atoms with Gasteiger partial charge in [0.05, 0.1) is 5.69 Å². The number of nitrogens with zero attached hydrogens (tertiary/aromatic N) is 3. The maximum Gasteiger partial charge on any atom is 0.227 e. The molecule has 8 heteroatoms. The zero-order valence-corrected chi connectivity index (χ0v) is 18.3. The Morgan fingerprint density at radius 1 is 1.03 bits per heavy atom. The minimum Gasteiger partial charge on any atom is -0.345 e. The topological polar surface area (TPSA) is 65.5 Å². The third-order valence-corrected chi connectivity index (χ3v) is 7.91. The molecule has 1 saturated carbocycles. The summed E-state index contributed by atoms with van der Waals surface area (Å²) < 4.78 is 13.1. The lowest BCUT2D eigenvalue weighted by atomic mass is 9.84. The van der Waals surface area contributed by atoms with E-state index in [2.05, 4.69) is 10.2 Å². The van der Waals surface area contributed by atoms with Crippen LogP contribution in [0.4, 0.5) is 15.2 Å². The van der Waals surface area contributed by atoms with E-state index < -0.39 is 0 Å². The maximum atomic E-state index is 13.1. The molecule has 6 nitrogen and oxygen atoms in total. The highest BCUT2D eigenvalue weighted by Gasteiger charge is 2.33. The summed E-state index contributed by atoms with van der Waals surface area (Å²) in [6, 6.07) is 5.87. The Bertz CT molecular complexity index is 964. The molecule has 2 fully saturated rings. The fourth-order valence-corrected chi connectivity index (χ4v) is 5.77. The molecule has 1 aromatic carbocycles. The van der Waals surface area contributed by atoms with Gasteiger partial charge in [-0.25, -0.2) is 9.37 Å². The predicted molar refractivity (Wildman–Crippen MR) is 119 cm³/mol. The van der Waals surface area contributed by atoms with Crippen LogP contribution in [0.5, 0.6) is 0 Å². The van der Waals surface area contributed by atoms with Crippen molar-refractivity contribution in [3.05, 3.63) is 40.7 Å². The molecular formula is C23H27FN4O2S. The van der Waals surface area contributed by atoms with E-state index in [1.807, 2.05) is 4.90 Å². The minimum absolute atomic E-state index is 0.0182. The summed E-state index contributed by atoms with van der Waals surface area (Å²) >= 11 is 1.68. The number of fused-ring (bicyclic) bond motifs is 1. The molecule has 1 N–H and O–H groups in total. The van der Waals surface area contributed by atoms with E-state index in [1.165, 1.54) is 23.4 Å². The fourth-order valence-electron chi connectivity index (χ4n) is 4.53. The highest BCUT2D eigenvalue weighted by atomic mass is 32.1. The number of amides is 2. The molecule has 5 rings (SSSR count). The molecule has 31 heavy (non-hydrogen) atoms. The Balaban J connectivity index is 1.18. The lowest BCUT2D eigenvalue weighted by Gasteiger charge is -2.38. The van der Waals surface area contributed by atoms with Crippen molar-refractivity contribution in [2.24, 2.45) is 11.8 Å². The third kappa shape index (κ3) is 4.31. The normalized spacial score (nSPS) is 21.4. The van der Waals surface area contributed by atoms with Crippen molar-refractivity contribution in [3.63, 3.8) is 0 Å². The molecule has 1 aromatic heterocycles. The standard InChI is InChI=1S/C23H27FN4O2S/c24-17-5-7-18(8-6-17)25-21(29)16-4-9-19-20(14-16)31-23(26-19)28-12-10-27(11-13-28)22(30)15-2-1-3-15/h5-8,15-16H,1-4,9-14H2,(H,25,29)/t16-/m1/s1.